The molecule has 2 amide bonds. The summed E-state index contributed by atoms with van der Waals surface area (Å²) >= 11 is 1.82. The molecule has 0 aromatic rings. The predicted molar refractivity (Wildman–Crippen MR) is 68.9 cm³/mol. The number of nitrogens with zero attached hydrogens (tertiary/aromatic N) is 1. The molecular formula is C12H20N2O2S. The predicted octanol–water partition coefficient (Wildman–Crippen LogP) is 1.01. The fraction of sp³-hybridized carbons (Fsp3) is 0.833. The van der Waals surface area contributed by atoms with Crippen molar-refractivity contribution in [3.05, 3.63) is 0 Å². The van der Waals surface area contributed by atoms with Crippen LogP contribution in [-0.2, 0) is 9.59 Å². The van der Waals surface area contributed by atoms with Crippen molar-refractivity contribution in [2.75, 3.05) is 24.6 Å². The third-order valence-electron chi connectivity index (χ3n) is 3.73. The molecule has 96 valence electrons. The van der Waals surface area contributed by atoms with Gasteiger partial charge in [-0.25, -0.2) is 0 Å². The standard InChI is InChI=1S/C12H20N2O2S/c1-2-17-8-7-14-10(15)9-13-11(16)12(14)5-3-4-6-12/h2-9H2,1H3,(H,13,16). The second kappa shape index (κ2) is 5.29. The van der Waals surface area contributed by atoms with Crippen molar-refractivity contribution >= 4 is 23.6 Å². The Balaban J connectivity index is 2.11. The lowest BCUT2D eigenvalue weighted by molar-refractivity contribution is -0.153. The Morgan fingerprint density at radius 3 is 2.71 bits per heavy atom. The molecular weight excluding hydrogens is 236 g/mol. The second-order valence-electron chi connectivity index (χ2n) is 4.66. The van der Waals surface area contributed by atoms with Crippen molar-refractivity contribution in [3.8, 4) is 0 Å². The fourth-order valence-corrected chi connectivity index (χ4v) is 3.47. The number of piperazine rings is 1. The van der Waals surface area contributed by atoms with E-state index in [1.807, 2.05) is 16.7 Å². The molecule has 0 atom stereocenters. The molecule has 1 aliphatic carbocycles. The molecule has 4 nitrogen and oxygen atoms in total. The number of nitrogens with one attached hydrogen (secondary N) is 1. The number of hydrogen-bond donors (Lipinski definition) is 1. The molecule has 1 heterocycles. The molecule has 17 heavy (non-hydrogen) atoms. The van der Waals surface area contributed by atoms with Crippen molar-refractivity contribution in [2.24, 2.45) is 0 Å². The van der Waals surface area contributed by atoms with Gasteiger partial charge in [0.15, 0.2) is 0 Å². The maximum absolute atomic E-state index is 12.1. The van der Waals surface area contributed by atoms with Gasteiger partial charge in [0.25, 0.3) is 0 Å². The zero-order chi connectivity index (χ0) is 12.3. The van der Waals surface area contributed by atoms with E-state index in [2.05, 4.69) is 12.2 Å². The van der Waals surface area contributed by atoms with Gasteiger partial charge in [-0.3, -0.25) is 9.59 Å². The van der Waals surface area contributed by atoms with Gasteiger partial charge in [-0.15, -0.1) is 0 Å². The van der Waals surface area contributed by atoms with Crippen molar-refractivity contribution in [2.45, 2.75) is 38.1 Å². The molecule has 1 saturated heterocycles. The molecule has 2 fully saturated rings. The SMILES string of the molecule is CCSCCN1C(=O)CNC(=O)C12CCCC2. The van der Waals surface area contributed by atoms with Crippen LogP contribution in [0.2, 0.25) is 0 Å². The summed E-state index contributed by atoms with van der Waals surface area (Å²) in [7, 11) is 0. The van der Waals surface area contributed by atoms with E-state index in [1.165, 1.54) is 0 Å². The lowest BCUT2D eigenvalue weighted by Crippen LogP contribution is -2.66. The van der Waals surface area contributed by atoms with Gasteiger partial charge in [0.05, 0.1) is 6.54 Å². The van der Waals surface area contributed by atoms with Crippen molar-refractivity contribution in [1.29, 1.82) is 0 Å². The first-order valence-corrected chi connectivity index (χ1v) is 7.53. The molecule has 5 heteroatoms. The molecule has 0 bridgehead atoms. The first-order valence-electron chi connectivity index (χ1n) is 6.37. The minimum absolute atomic E-state index is 0.0658. The molecule has 2 aliphatic rings. The van der Waals surface area contributed by atoms with Crippen LogP contribution in [0.4, 0.5) is 0 Å². The summed E-state index contributed by atoms with van der Waals surface area (Å²) in [6.45, 7) is 3.00. The van der Waals surface area contributed by atoms with E-state index in [0.29, 0.717) is 6.54 Å². The van der Waals surface area contributed by atoms with Crippen LogP contribution >= 0.6 is 11.8 Å². The van der Waals surface area contributed by atoms with Crippen LogP contribution in [0.5, 0.6) is 0 Å². The minimum Gasteiger partial charge on any atom is -0.345 e. The summed E-state index contributed by atoms with van der Waals surface area (Å²) in [5.41, 5.74) is -0.510. The monoisotopic (exact) mass is 256 g/mol. The highest BCUT2D eigenvalue weighted by atomic mass is 32.2. The highest BCUT2D eigenvalue weighted by molar-refractivity contribution is 7.99. The van der Waals surface area contributed by atoms with Crippen LogP contribution in [0, 0.1) is 0 Å². The Morgan fingerprint density at radius 1 is 1.35 bits per heavy atom. The largest absolute Gasteiger partial charge is 0.345 e. The van der Waals surface area contributed by atoms with Crippen molar-refractivity contribution in [3.63, 3.8) is 0 Å². The first-order chi connectivity index (χ1) is 8.20. The van der Waals surface area contributed by atoms with Crippen molar-refractivity contribution in [1.82, 2.24) is 10.2 Å². The lowest BCUT2D eigenvalue weighted by Gasteiger charge is -2.43. The minimum atomic E-state index is -0.510. The topological polar surface area (TPSA) is 49.4 Å². The normalized spacial score (nSPS) is 23.2. The van der Waals surface area contributed by atoms with E-state index < -0.39 is 5.54 Å². The molecule has 2 rings (SSSR count). The summed E-state index contributed by atoms with van der Waals surface area (Å²) in [4.78, 5) is 25.9. The van der Waals surface area contributed by atoms with Gasteiger partial charge in [0.2, 0.25) is 11.8 Å². The third-order valence-corrected chi connectivity index (χ3v) is 4.61. The Bertz CT molecular complexity index is 314. The molecule has 0 aromatic heterocycles. The second-order valence-corrected chi connectivity index (χ2v) is 6.06. The molecule has 0 unspecified atom stereocenters. The molecule has 1 spiro atoms. The molecule has 1 saturated carbocycles. The van der Waals surface area contributed by atoms with Gasteiger partial charge in [0, 0.05) is 12.3 Å². The molecule has 1 N–H and O–H groups in total. The zero-order valence-corrected chi connectivity index (χ0v) is 11.1. The van der Waals surface area contributed by atoms with Gasteiger partial charge < -0.3 is 10.2 Å². The molecule has 0 aromatic carbocycles. The van der Waals surface area contributed by atoms with Gasteiger partial charge in [-0.2, -0.15) is 11.8 Å². The number of amides is 2. The van der Waals surface area contributed by atoms with E-state index >= 15 is 0 Å². The number of hydrogen-bond acceptors (Lipinski definition) is 3. The number of carbonyl (C=O) groups is 2. The fourth-order valence-electron chi connectivity index (χ4n) is 2.87. The number of thioether (sulfide) groups is 1. The quantitative estimate of drug-likeness (QED) is 0.764. The van der Waals surface area contributed by atoms with Gasteiger partial charge in [0.1, 0.15) is 5.54 Å². The Labute approximate surface area is 106 Å². The smallest absolute Gasteiger partial charge is 0.246 e. The van der Waals surface area contributed by atoms with Crippen LogP contribution < -0.4 is 5.32 Å². The molecule has 0 radical (unpaired) electrons. The average molecular weight is 256 g/mol. The summed E-state index contributed by atoms with van der Waals surface area (Å²) in [5, 5.41) is 2.75. The van der Waals surface area contributed by atoms with E-state index in [1.54, 1.807) is 0 Å². The van der Waals surface area contributed by atoms with E-state index in [4.69, 9.17) is 0 Å². The maximum Gasteiger partial charge on any atom is 0.246 e. The van der Waals surface area contributed by atoms with E-state index in [9.17, 15) is 9.59 Å². The zero-order valence-electron chi connectivity index (χ0n) is 10.3. The van der Waals surface area contributed by atoms with Crippen molar-refractivity contribution < 1.29 is 9.59 Å². The Kier molecular flexibility index (Phi) is 3.97. The summed E-state index contributed by atoms with van der Waals surface area (Å²) in [6.07, 6.45) is 3.78. The summed E-state index contributed by atoms with van der Waals surface area (Å²) in [5.74, 6) is 2.14. The van der Waals surface area contributed by atoms with Crippen LogP contribution in [0.1, 0.15) is 32.6 Å². The first kappa shape index (κ1) is 12.7. The maximum atomic E-state index is 12.1. The van der Waals surface area contributed by atoms with Crippen LogP contribution in [0.15, 0.2) is 0 Å². The van der Waals surface area contributed by atoms with Gasteiger partial charge >= 0.3 is 0 Å². The van der Waals surface area contributed by atoms with Gasteiger partial charge in [-0.1, -0.05) is 19.8 Å². The van der Waals surface area contributed by atoms with E-state index in [0.717, 1.165) is 37.2 Å². The third kappa shape index (κ3) is 2.30. The van der Waals surface area contributed by atoms with Crippen LogP contribution in [-0.4, -0.2) is 46.8 Å². The average Bonchev–Trinajstić information content (AvgIpc) is 2.79. The van der Waals surface area contributed by atoms with Crippen LogP contribution in [0.25, 0.3) is 0 Å². The lowest BCUT2D eigenvalue weighted by atomic mass is 9.91. The summed E-state index contributed by atoms with van der Waals surface area (Å²) in [6, 6.07) is 0. The number of carbonyl (C=O) groups excluding carboxylic acids is 2. The van der Waals surface area contributed by atoms with Gasteiger partial charge in [-0.05, 0) is 18.6 Å². The highest BCUT2D eigenvalue weighted by Crippen LogP contribution is 2.37. The number of rotatable bonds is 4. The van der Waals surface area contributed by atoms with Crippen LogP contribution in [0.3, 0.4) is 0 Å². The van der Waals surface area contributed by atoms with E-state index in [-0.39, 0.29) is 18.4 Å². The Hall–Kier alpha value is -0.710. The Morgan fingerprint density at radius 2 is 2.06 bits per heavy atom. The summed E-state index contributed by atoms with van der Waals surface area (Å²) < 4.78 is 0. The highest BCUT2D eigenvalue weighted by Gasteiger charge is 2.50. The molecule has 1 aliphatic heterocycles.